The average Bonchev–Trinajstić information content (AvgIpc) is 2.88. The third-order valence-electron chi connectivity index (χ3n) is 3.45. The third kappa shape index (κ3) is 2.71. The zero-order valence-electron chi connectivity index (χ0n) is 12.0. The number of anilines is 1. The maximum Gasteiger partial charge on any atom is 0.163 e. The molecule has 0 fully saturated rings. The summed E-state index contributed by atoms with van der Waals surface area (Å²) < 4.78 is 1.69. The molecule has 2 heterocycles. The summed E-state index contributed by atoms with van der Waals surface area (Å²) in [4.78, 5) is 8.40. The topological polar surface area (TPSA) is 75.9 Å². The zero-order chi connectivity index (χ0) is 14.8. The first-order chi connectivity index (χ1) is 10.1. The van der Waals surface area contributed by atoms with Gasteiger partial charge >= 0.3 is 0 Å². The Morgan fingerprint density at radius 3 is 2.76 bits per heavy atom. The summed E-state index contributed by atoms with van der Waals surface area (Å²) in [6, 6.07) is 7.84. The molecular formula is C15H17N5O. The molecule has 0 bridgehead atoms. The van der Waals surface area contributed by atoms with Crippen LogP contribution in [0.1, 0.15) is 17.2 Å². The highest BCUT2D eigenvalue weighted by molar-refractivity contribution is 5.85. The number of aliphatic hydroxyl groups excluding tert-OH is 1. The summed E-state index contributed by atoms with van der Waals surface area (Å²) in [5.74, 6) is 0.680. The molecule has 0 spiro atoms. The lowest BCUT2D eigenvalue weighted by molar-refractivity contribution is 0.191. The second-order valence-electron chi connectivity index (χ2n) is 5.04. The Kier molecular flexibility index (Phi) is 3.53. The van der Waals surface area contributed by atoms with Gasteiger partial charge in [-0.15, -0.1) is 0 Å². The molecule has 0 saturated heterocycles. The maximum absolute atomic E-state index is 10.2. The second-order valence-corrected chi connectivity index (χ2v) is 5.04. The summed E-state index contributed by atoms with van der Waals surface area (Å²) in [7, 11) is 1.83. The number of hydrogen-bond acceptors (Lipinski definition) is 5. The highest BCUT2D eigenvalue weighted by atomic mass is 16.3. The van der Waals surface area contributed by atoms with Crippen molar-refractivity contribution in [1.29, 1.82) is 0 Å². The van der Waals surface area contributed by atoms with E-state index in [4.69, 9.17) is 0 Å². The summed E-state index contributed by atoms with van der Waals surface area (Å²) in [6.45, 7) is 2.40. The zero-order valence-corrected chi connectivity index (χ0v) is 12.0. The molecule has 0 aliphatic rings. The van der Waals surface area contributed by atoms with Crippen molar-refractivity contribution in [1.82, 2.24) is 19.7 Å². The van der Waals surface area contributed by atoms with Gasteiger partial charge in [0.15, 0.2) is 5.65 Å². The fourth-order valence-corrected chi connectivity index (χ4v) is 2.20. The van der Waals surface area contributed by atoms with Gasteiger partial charge in [0.25, 0.3) is 0 Å². The Bertz CT molecular complexity index is 750. The van der Waals surface area contributed by atoms with Gasteiger partial charge in [-0.1, -0.05) is 29.8 Å². The Morgan fingerprint density at radius 2 is 2.00 bits per heavy atom. The van der Waals surface area contributed by atoms with Crippen molar-refractivity contribution >= 4 is 16.9 Å². The van der Waals surface area contributed by atoms with Crippen LogP contribution in [0.5, 0.6) is 0 Å². The SMILES string of the molecule is Cc1ccc(C(O)CNc2ncnc3c2cnn3C)cc1. The summed E-state index contributed by atoms with van der Waals surface area (Å²) in [5, 5.41) is 18.4. The lowest BCUT2D eigenvalue weighted by atomic mass is 10.1. The van der Waals surface area contributed by atoms with E-state index in [1.807, 2.05) is 38.2 Å². The normalized spacial score (nSPS) is 12.5. The van der Waals surface area contributed by atoms with Crippen molar-refractivity contribution in [3.63, 3.8) is 0 Å². The molecule has 6 nitrogen and oxygen atoms in total. The third-order valence-corrected chi connectivity index (χ3v) is 3.45. The van der Waals surface area contributed by atoms with E-state index in [-0.39, 0.29) is 0 Å². The van der Waals surface area contributed by atoms with Crippen molar-refractivity contribution in [2.24, 2.45) is 7.05 Å². The highest BCUT2D eigenvalue weighted by Gasteiger charge is 2.11. The first-order valence-electron chi connectivity index (χ1n) is 6.76. The van der Waals surface area contributed by atoms with Crippen LogP contribution in [-0.2, 0) is 7.05 Å². The van der Waals surface area contributed by atoms with Gasteiger partial charge < -0.3 is 10.4 Å². The van der Waals surface area contributed by atoms with Gasteiger partial charge in [0, 0.05) is 13.6 Å². The second kappa shape index (κ2) is 5.49. The van der Waals surface area contributed by atoms with Crippen LogP contribution in [0, 0.1) is 6.92 Å². The van der Waals surface area contributed by atoms with Gasteiger partial charge in [0.2, 0.25) is 0 Å². The van der Waals surface area contributed by atoms with Crippen LogP contribution in [0.2, 0.25) is 0 Å². The number of aryl methyl sites for hydroxylation is 2. The van der Waals surface area contributed by atoms with Gasteiger partial charge in [-0.25, -0.2) is 9.97 Å². The minimum Gasteiger partial charge on any atom is -0.387 e. The molecule has 3 aromatic rings. The van der Waals surface area contributed by atoms with E-state index in [2.05, 4.69) is 20.4 Å². The molecule has 1 unspecified atom stereocenters. The van der Waals surface area contributed by atoms with Crippen molar-refractivity contribution in [2.75, 3.05) is 11.9 Å². The molecule has 3 rings (SSSR count). The van der Waals surface area contributed by atoms with E-state index < -0.39 is 6.10 Å². The number of hydrogen-bond donors (Lipinski definition) is 2. The fourth-order valence-electron chi connectivity index (χ4n) is 2.20. The number of nitrogens with one attached hydrogen (secondary N) is 1. The lowest BCUT2D eigenvalue weighted by Crippen LogP contribution is -2.13. The van der Waals surface area contributed by atoms with Gasteiger partial charge in [0.1, 0.15) is 12.1 Å². The van der Waals surface area contributed by atoms with E-state index in [0.29, 0.717) is 12.4 Å². The van der Waals surface area contributed by atoms with Crippen LogP contribution in [0.15, 0.2) is 36.8 Å². The van der Waals surface area contributed by atoms with Crippen molar-refractivity contribution in [2.45, 2.75) is 13.0 Å². The molecule has 1 aromatic carbocycles. The number of aliphatic hydroxyl groups is 1. The molecule has 21 heavy (non-hydrogen) atoms. The Morgan fingerprint density at radius 1 is 1.24 bits per heavy atom. The Hall–Kier alpha value is -2.47. The molecule has 2 N–H and O–H groups in total. The first kappa shape index (κ1) is 13.5. The molecular weight excluding hydrogens is 266 g/mol. The minimum atomic E-state index is -0.590. The Balaban J connectivity index is 1.75. The molecule has 2 aromatic heterocycles. The molecule has 6 heteroatoms. The highest BCUT2D eigenvalue weighted by Crippen LogP contribution is 2.19. The minimum absolute atomic E-state index is 0.379. The summed E-state index contributed by atoms with van der Waals surface area (Å²) in [6.07, 6.45) is 2.62. The van der Waals surface area contributed by atoms with Gasteiger partial charge in [-0.3, -0.25) is 4.68 Å². The molecule has 1 atom stereocenters. The van der Waals surface area contributed by atoms with Crippen LogP contribution >= 0.6 is 0 Å². The monoisotopic (exact) mass is 283 g/mol. The van der Waals surface area contributed by atoms with Gasteiger partial charge in [-0.05, 0) is 12.5 Å². The van der Waals surface area contributed by atoms with Crippen LogP contribution in [0.25, 0.3) is 11.0 Å². The van der Waals surface area contributed by atoms with Crippen LogP contribution < -0.4 is 5.32 Å². The molecule has 108 valence electrons. The van der Waals surface area contributed by atoms with Crippen LogP contribution in [0.3, 0.4) is 0 Å². The summed E-state index contributed by atoms with van der Waals surface area (Å²) >= 11 is 0. The predicted molar refractivity (Wildman–Crippen MR) is 80.9 cm³/mol. The maximum atomic E-state index is 10.2. The molecule has 0 amide bonds. The van der Waals surface area contributed by atoms with Gasteiger partial charge in [0.05, 0.1) is 17.7 Å². The van der Waals surface area contributed by atoms with Crippen LogP contribution in [0.4, 0.5) is 5.82 Å². The Labute approximate surface area is 122 Å². The standard InChI is InChI=1S/C15H17N5O/c1-10-3-5-11(6-4-10)13(21)8-16-14-12-7-19-20(2)15(12)18-9-17-14/h3-7,9,13,21H,8H2,1-2H3,(H,16,17,18). The average molecular weight is 283 g/mol. The number of rotatable bonds is 4. The first-order valence-corrected chi connectivity index (χ1v) is 6.76. The van der Waals surface area contributed by atoms with E-state index in [1.165, 1.54) is 11.9 Å². The molecule has 0 aliphatic carbocycles. The fraction of sp³-hybridized carbons (Fsp3) is 0.267. The number of benzene rings is 1. The number of aromatic nitrogens is 4. The number of nitrogens with zero attached hydrogens (tertiary/aromatic N) is 4. The largest absolute Gasteiger partial charge is 0.387 e. The van der Waals surface area contributed by atoms with Crippen molar-refractivity contribution < 1.29 is 5.11 Å². The lowest BCUT2D eigenvalue weighted by Gasteiger charge is -2.13. The molecule has 0 aliphatic heterocycles. The van der Waals surface area contributed by atoms with Crippen molar-refractivity contribution in [3.05, 3.63) is 47.9 Å². The van der Waals surface area contributed by atoms with E-state index in [9.17, 15) is 5.11 Å². The van der Waals surface area contributed by atoms with Crippen LogP contribution in [-0.4, -0.2) is 31.4 Å². The smallest absolute Gasteiger partial charge is 0.163 e. The molecule has 0 radical (unpaired) electrons. The quantitative estimate of drug-likeness (QED) is 0.764. The van der Waals surface area contributed by atoms with E-state index in [0.717, 1.165) is 16.6 Å². The van der Waals surface area contributed by atoms with Gasteiger partial charge in [-0.2, -0.15) is 5.10 Å². The summed E-state index contributed by atoms with van der Waals surface area (Å²) in [5.41, 5.74) is 2.81. The van der Waals surface area contributed by atoms with Crippen molar-refractivity contribution in [3.8, 4) is 0 Å². The predicted octanol–water partition coefficient (Wildman–Crippen LogP) is 1.82. The number of fused-ring (bicyclic) bond motifs is 1. The van der Waals surface area contributed by atoms with E-state index in [1.54, 1.807) is 10.9 Å². The molecule has 0 saturated carbocycles. The van der Waals surface area contributed by atoms with E-state index >= 15 is 0 Å².